The fourth-order valence-electron chi connectivity index (χ4n) is 3.92. The zero-order valence-corrected chi connectivity index (χ0v) is 18.2. The maximum Gasteiger partial charge on any atom is 0.273 e. The summed E-state index contributed by atoms with van der Waals surface area (Å²) in [5.41, 5.74) is 4.46. The van der Waals surface area contributed by atoms with Gasteiger partial charge in [-0.15, -0.1) is 11.8 Å². The highest BCUT2D eigenvalue weighted by Crippen LogP contribution is 2.43. The second-order valence-electron chi connectivity index (χ2n) is 7.25. The third-order valence-electron chi connectivity index (χ3n) is 5.42. The van der Waals surface area contributed by atoms with Crippen molar-refractivity contribution in [2.75, 3.05) is 12.8 Å². The second kappa shape index (κ2) is 8.64. The third kappa shape index (κ3) is 3.81. The summed E-state index contributed by atoms with van der Waals surface area (Å²) >= 11 is 7.78. The fourth-order valence-corrected chi connectivity index (χ4v) is 4.45. The van der Waals surface area contributed by atoms with E-state index in [0.29, 0.717) is 10.7 Å². The maximum absolute atomic E-state index is 13.2. The van der Waals surface area contributed by atoms with E-state index in [-0.39, 0.29) is 11.9 Å². The zero-order valence-electron chi connectivity index (χ0n) is 16.6. The van der Waals surface area contributed by atoms with E-state index in [2.05, 4.69) is 47.6 Å². The highest BCUT2D eigenvalue weighted by molar-refractivity contribution is 7.98. The molecule has 4 rings (SSSR count). The first-order chi connectivity index (χ1) is 14.1. The number of nitrogens with zero attached hydrogens (tertiary/aromatic N) is 2. The normalized spacial score (nSPS) is 15.8. The number of unbranched alkanes of at least 4 members (excludes halogenated alkanes) is 2. The van der Waals surface area contributed by atoms with Crippen LogP contribution < -0.4 is 0 Å². The molecule has 1 unspecified atom stereocenters. The van der Waals surface area contributed by atoms with Crippen molar-refractivity contribution in [2.45, 2.75) is 37.1 Å². The van der Waals surface area contributed by atoms with Crippen molar-refractivity contribution in [3.05, 3.63) is 70.4 Å². The van der Waals surface area contributed by atoms with Crippen LogP contribution in [0.3, 0.4) is 0 Å². The lowest BCUT2D eigenvalue weighted by Crippen LogP contribution is -2.30. The number of fused-ring (bicyclic) bond motifs is 1. The Kier molecular flexibility index (Phi) is 5.97. The smallest absolute Gasteiger partial charge is 0.273 e. The summed E-state index contributed by atoms with van der Waals surface area (Å²) in [4.78, 5) is 16.4. The van der Waals surface area contributed by atoms with Crippen LogP contribution in [0.1, 0.15) is 53.8 Å². The van der Waals surface area contributed by atoms with Crippen LogP contribution in [0.15, 0.2) is 53.4 Å². The molecule has 0 radical (unpaired) electrons. The molecule has 0 fully saturated rings. The van der Waals surface area contributed by atoms with Gasteiger partial charge in [0.2, 0.25) is 0 Å². The average molecular weight is 426 g/mol. The lowest BCUT2D eigenvalue weighted by atomic mass is 9.96. The molecule has 1 amide bonds. The summed E-state index contributed by atoms with van der Waals surface area (Å²) < 4.78 is 0. The predicted molar refractivity (Wildman–Crippen MR) is 120 cm³/mol. The molecule has 2 heterocycles. The Morgan fingerprint density at radius 1 is 1.10 bits per heavy atom. The Balaban J connectivity index is 1.79. The molecule has 150 valence electrons. The standard InChI is InChI=1S/C23H24ClN3OS/c1-3-4-5-14-27-22(16-8-12-18(29-2)13-9-16)19-20(25-26-21(19)23(27)28)15-6-10-17(24)11-7-15/h6-13,22H,3-5,14H2,1-2H3,(H,25,26). The van der Waals surface area contributed by atoms with E-state index in [0.717, 1.165) is 48.2 Å². The van der Waals surface area contributed by atoms with Crippen LogP contribution in [0.5, 0.6) is 0 Å². The Morgan fingerprint density at radius 3 is 2.48 bits per heavy atom. The van der Waals surface area contributed by atoms with E-state index in [4.69, 9.17) is 11.6 Å². The Labute approximate surface area is 180 Å². The molecule has 1 aliphatic rings. The molecule has 29 heavy (non-hydrogen) atoms. The van der Waals surface area contributed by atoms with Crippen molar-refractivity contribution in [3.8, 4) is 11.3 Å². The van der Waals surface area contributed by atoms with Gasteiger partial charge in [-0.2, -0.15) is 5.10 Å². The molecule has 0 saturated carbocycles. The first-order valence-corrected chi connectivity index (χ1v) is 11.5. The molecule has 0 bridgehead atoms. The molecule has 1 atom stereocenters. The second-order valence-corrected chi connectivity index (χ2v) is 8.57. The minimum atomic E-state index is -0.130. The molecule has 0 aliphatic carbocycles. The Bertz CT molecular complexity index is 998. The van der Waals surface area contributed by atoms with Gasteiger partial charge in [0.05, 0.1) is 11.7 Å². The molecule has 1 aliphatic heterocycles. The molecule has 0 saturated heterocycles. The van der Waals surface area contributed by atoms with Crippen molar-refractivity contribution in [1.82, 2.24) is 15.1 Å². The number of carbonyl (C=O) groups excluding carboxylic acids is 1. The number of amides is 1. The first-order valence-electron chi connectivity index (χ1n) is 9.93. The molecule has 0 spiro atoms. The monoisotopic (exact) mass is 425 g/mol. The van der Waals surface area contributed by atoms with Crippen LogP contribution in [-0.2, 0) is 0 Å². The fraction of sp³-hybridized carbons (Fsp3) is 0.304. The van der Waals surface area contributed by atoms with Gasteiger partial charge in [-0.05, 0) is 42.5 Å². The van der Waals surface area contributed by atoms with Crippen LogP contribution in [0, 0.1) is 0 Å². The number of benzene rings is 2. The summed E-state index contributed by atoms with van der Waals surface area (Å²) in [6.07, 6.45) is 5.30. The largest absolute Gasteiger partial charge is 0.326 e. The van der Waals surface area contributed by atoms with Crippen LogP contribution in [0.25, 0.3) is 11.3 Å². The summed E-state index contributed by atoms with van der Waals surface area (Å²) in [5.74, 6) is 0.0303. The molecule has 2 aromatic carbocycles. The van der Waals surface area contributed by atoms with Gasteiger partial charge < -0.3 is 4.90 Å². The zero-order chi connectivity index (χ0) is 20.4. The lowest BCUT2D eigenvalue weighted by molar-refractivity contribution is 0.0740. The highest BCUT2D eigenvalue weighted by Gasteiger charge is 2.41. The van der Waals surface area contributed by atoms with E-state index in [9.17, 15) is 4.79 Å². The highest BCUT2D eigenvalue weighted by atomic mass is 35.5. The third-order valence-corrected chi connectivity index (χ3v) is 6.41. The molecule has 4 nitrogen and oxygen atoms in total. The van der Waals surface area contributed by atoms with Gasteiger partial charge in [-0.3, -0.25) is 9.89 Å². The van der Waals surface area contributed by atoms with Crippen molar-refractivity contribution < 1.29 is 4.79 Å². The van der Waals surface area contributed by atoms with E-state index in [1.807, 2.05) is 29.2 Å². The number of hydrogen-bond acceptors (Lipinski definition) is 3. The molecular weight excluding hydrogens is 402 g/mol. The predicted octanol–water partition coefficient (Wildman–Crippen LogP) is 6.19. The van der Waals surface area contributed by atoms with Gasteiger partial charge in [0, 0.05) is 27.6 Å². The number of aromatic nitrogens is 2. The molecule has 6 heteroatoms. The Hall–Kier alpha value is -2.24. The number of nitrogens with one attached hydrogen (secondary N) is 1. The van der Waals surface area contributed by atoms with Crippen LogP contribution in [-0.4, -0.2) is 33.8 Å². The van der Waals surface area contributed by atoms with Crippen LogP contribution in [0.4, 0.5) is 0 Å². The lowest BCUT2D eigenvalue weighted by Gasteiger charge is -2.26. The number of thioether (sulfide) groups is 1. The number of aromatic amines is 1. The first kappa shape index (κ1) is 20.0. The minimum absolute atomic E-state index is 0.0303. The average Bonchev–Trinajstić information content (AvgIpc) is 3.28. The number of carbonyl (C=O) groups is 1. The van der Waals surface area contributed by atoms with E-state index in [1.165, 1.54) is 4.90 Å². The molecule has 1 N–H and O–H groups in total. The quantitative estimate of drug-likeness (QED) is 0.362. The Morgan fingerprint density at radius 2 is 1.83 bits per heavy atom. The van der Waals surface area contributed by atoms with Crippen LogP contribution in [0.2, 0.25) is 5.02 Å². The van der Waals surface area contributed by atoms with Crippen molar-refractivity contribution in [3.63, 3.8) is 0 Å². The van der Waals surface area contributed by atoms with Gasteiger partial charge in [0.1, 0.15) is 5.69 Å². The minimum Gasteiger partial charge on any atom is -0.326 e. The van der Waals surface area contributed by atoms with Crippen molar-refractivity contribution in [2.24, 2.45) is 0 Å². The van der Waals surface area contributed by atoms with Crippen molar-refractivity contribution in [1.29, 1.82) is 0 Å². The number of halogens is 1. The summed E-state index contributed by atoms with van der Waals surface area (Å²) in [7, 11) is 0. The van der Waals surface area contributed by atoms with E-state index < -0.39 is 0 Å². The molecule has 3 aromatic rings. The van der Waals surface area contributed by atoms with Gasteiger partial charge in [0.25, 0.3) is 5.91 Å². The summed E-state index contributed by atoms with van der Waals surface area (Å²) in [5, 5.41) is 8.21. The SMILES string of the molecule is CCCCCN1C(=O)c2[nH]nc(-c3ccc(Cl)cc3)c2C1c1ccc(SC)cc1. The number of rotatable bonds is 7. The van der Waals surface area contributed by atoms with Gasteiger partial charge in [0.15, 0.2) is 0 Å². The van der Waals surface area contributed by atoms with E-state index >= 15 is 0 Å². The molecule has 1 aromatic heterocycles. The van der Waals surface area contributed by atoms with Crippen LogP contribution >= 0.6 is 23.4 Å². The van der Waals surface area contributed by atoms with Gasteiger partial charge >= 0.3 is 0 Å². The van der Waals surface area contributed by atoms with E-state index in [1.54, 1.807) is 11.8 Å². The molecular formula is C23H24ClN3OS. The number of hydrogen-bond donors (Lipinski definition) is 1. The topological polar surface area (TPSA) is 49.0 Å². The summed E-state index contributed by atoms with van der Waals surface area (Å²) in [6.45, 7) is 2.92. The van der Waals surface area contributed by atoms with Crippen molar-refractivity contribution >= 4 is 29.3 Å². The maximum atomic E-state index is 13.2. The van der Waals surface area contributed by atoms with Gasteiger partial charge in [-0.25, -0.2) is 0 Å². The van der Waals surface area contributed by atoms with Gasteiger partial charge in [-0.1, -0.05) is 55.6 Å². The summed E-state index contributed by atoms with van der Waals surface area (Å²) in [6, 6.07) is 16.0. The number of H-pyrrole nitrogens is 1.